The number of unbranched alkanes of at least 4 members (excludes halogenated alkanes) is 6. The molecule has 0 unspecified atom stereocenters. The van der Waals surface area contributed by atoms with Gasteiger partial charge in [0.2, 0.25) is 0 Å². The van der Waals surface area contributed by atoms with E-state index in [9.17, 15) is 14.4 Å². The van der Waals surface area contributed by atoms with E-state index >= 15 is 0 Å². The van der Waals surface area contributed by atoms with Crippen molar-refractivity contribution >= 4 is 18.0 Å². The van der Waals surface area contributed by atoms with E-state index in [1.165, 1.54) is 25.7 Å². The first-order valence-electron chi connectivity index (χ1n) is 11.9. The molecule has 3 rings (SSSR count). The van der Waals surface area contributed by atoms with Crippen molar-refractivity contribution < 1.29 is 23.9 Å². The topological polar surface area (TPSA) is 73.0 Å². The average Bonchev–Trinajstić information content (AvgIpc) is 3.49. The normalized spacial score (nSPS) is 37.1. The minimum absolute atomic E-state index is 0.0770. The number of carbonyl (C=O) groups is 3. The lowest BCUT2D eigenvalue weighted by molar-refractivity contribution is -0.167. The fourth-order valence-corrected chi connectivity index (χ4v) is 5.85. The molecule has 0 N–H and O–H groups in total. The van der Waals surface area contributed by atoms with Crippen molar-refractivity contribution in [3.8, 4) is 0 Å². The Bertz CT molecular complexity index is 685. The Kier molecular flexibility index (Phi) is 7.21. The summed E-state index contributed by atoms with van der Waals surface area (Å²) in [7, 11) is 0. The SMILES string of the molecule is C=C(C=O)[C@H]1C[C@@]2(C)[C@H](C)CC[C@H](OC(=O)CCCCCCCCC)[C@]23O[C@@H]3C1=O. The average molecular weight is 419 g/mol. The standard InChI is InChI=1S/C25H38O5/c1-5-6-7-8-9-10-11-12-21(27)29-20-14-13-18(3)24(4)15-19(17(2)16-26)22(28)23-25(20,24)30-23/h16,18-20,23H,2,5-15H2,1,3-4H3/t18-,19-,20+,23-,24+,25-/m1/s1. The Balaban J connectivity index is 1.59. The molecule has 3 fully saturated rings. The molecule has 6 atom stereocenters. The van der Waals surface area contributed by atoms with Crippen molar-refractivity contribution in [2.75, 3.05) is 0 Å². The van der Waals surface area contributed by atoms with Crippen LogP contribution in [0.5, 0.6) is 0 Å². The molecule has 2 aliphatic carbocycles. The van der Waals surface area contributed by atoms with Gasteiger partial charge in [0.05, 0.1) is 0 Å². The number of hydrogen-bond donors (Lipinski definition) is 0. The van der Waals surface area contributed by atoms with Crippen molar-refractivity contribution in [2.24, 2.45) is 17.3 Å². The molecule has 2 saturated carbocycles. The highest BCUT2D eigenvalue weighted by Crippen LogP contribution is 2.67. The van der Waals surface area contributed by atoms with Crippen LogP contribution >= 0.6 is 0 Å². The predicted octanol–water partition coefficient (Wildman–Crippen LogP) is 4.96. The van der Waals surface area contributed by atoms with Crippen molar-refractivity contribution in [1.82, 2.24) is 0 Å². The number of esters is 1. The van der Waals surface area contributed by atoms with Crippen molar-refractivity contribution in [3.05, 3.63) is 12.2 Å². The molecule has 0 aromatic rings. The van der Waals surface area contributed by atoms with Gasteiger partial charge in [-0.2, -0.15) is 0 Å². The maximum absolute atomic E-state index is 12.9. The molecule has 0 aromatic carbocycles. The number of ketones is 1. The number of Topliss-reactive ketones (excluding diaryl/α,β-unsaturated/α-hetero) is 1. The Morgan fingerprint density at radius 2 is 1.87 bits per heavy atom. The largest absolute Gasteiger partial charge is 0.459 e. The molecule has 3 aliphatic rings. The molecule has 0 radical (unpaired) electrons. The van der Waals surface area contributed by atoms with E-state index in [0.29, 0.717) is 30.6 Å². The minimum atomic E-state index is -0.725. The molecule has 1 aliphatic heterocycles. The zero-order valence-electron chi connectivity index (χ0n) is 18.9. The smallest absolute Gasteiger partial charge is 0.306 e. The monoisotopic (exact) mass is 418 g/mol. The van der Waals surface area contributed by atoms with E-state index in [4.69, 9.17) is 9.47 Å². The summed E-state index contributed by atoms with van der Waals surface area (Å²) in [4.78, 5) is 36.7. The summed E-state index contributed by atoms with van der Waals surface area (Å²) in [5, 5.41) is 0. The van der Waals surface area contributed by atoms with Gasteiger partial charge >= 0.3 is 5.97 Å². The summed E-state index contributed by atoms with van der Waals surface area (Å²) < 4.78 is 12.0. The van der Waals surface area contributed by atoms with Crippen LogP contribution in [0.2, 0.25) is 0 Å². The number of hydrogen-bond acceptors (Lipinski definition) is 5. The molecular weight excluding hydrogens is 380 g/mol. The number of allylic oxidation sites excluding steroid dienone is 1. The van der Waals surface area contributed by atoms with E-state index in [1.807, 2.05) is 0 Å². The lowest BCUT2D eigenvalue weighted by Crippen LogP contribution is -2.60. The minimum Gasteiger partial charge on any atom is -0.459 e. The van der Waals surface area contributed by atoms with Gasteiger partial charge in [0.25, 0.3) is 0 Å². The van der Waals surface area contributed by atoms with Gasteiger partial charge in [0.1, 0.15) is 18.0 Å². The first-order chi connectivity index (χ1) is 14.3. The lowest BCUT2D eigenvalue weighted by Gasteiger charge is -2.51. The second kappa shape index (κ2) is 9.33. The molecule has 1 saturated heterocycles. The highest BCUT2D eigenvalue weighted by Gasteiger charge is 2.80. The van der Waals surface area contributed by atoms with Crippen LogP contribution in [0.15, 0.2) is 12.2 Å². The summed E-state index contributed by atoms with van der Waals surface area (Å²) in [6.45, 7) is 10.3. The second-order valence-corrected chi connectivity index (χ2v) is 9.89. The van der Waals surface area contributed by atoms with Gasteiger partial charge in [0, 0.05) is 17.8 Å². The quantitative estimate of drug-likeness (QED) is 0.156. The third kappa shape index (κ3) is 4.02. The number of ether oxygens (including phenoxy) is 2. The van der Waals surface area contributed by atoms with Crippen molar-refractivity contribution in [1.29, 1.82) is 0 Å². The fourth-order valence-electron chi connectivity index (χ4n) is 5.85. The van der Waals surface area contributed by atoms with Crippen LogP contribution in [-0.4, -0.2) is 35.8 Å². The first-order valence-corrected chi connectivity index (χ1v) is 11.9. The number of rotatable bonds is 11. The van der Waals surface area contributed by atoms with E-state index in [1.54, 1.807) is 0 Å². The molecular formula is C25H38O5. The molecule has 1 spiro atoms. The van der Waals surface area contributed by atoms with Crippen molar-refractivity contribution in [2.45, 2.75) is 109 Å². The number of aldehydes is 1. The number of carbonyl (C=O) groups excluding carboxylic acids is 3. The van der Waals surface area contributed by atoms with Gasteiger partial charge in [-0.05, 0) is 37.2 Å². The summed E-state index contributed by atoms with van der Waals surface area (Å²) in [6.07, 6.45) is 10.4. The van der Waals surface area contributed by atoms with E-state index in [0.717, 1.165) is 32.1 Å². The molecule has 5 heteroatoms. The van der Waals surface area contributed by atoms with Gasteiger partial charge in [-0.3, -0.25) is 14.4 Å². The highest BCUT2D eigenvalue weighted by molar-refractivity contribution is 5.97. The molecule has 0 bridgehead atoms. The fraction of sp³-hybridized carbons (Fsp3) is 0.800. The molecule has 1 heterocycles. The predicted molar refractivity (Wildman–Crippen MR) is 115 cm³/mol. The van der Waals surface area contributed by atoms with Gasteiger partial charge in [0.15, 0.2) is 11.9 Å². The van der Waals surface area contributed by atoms with Crippen LogP contribution in [0.3, 0.4) is 0 Å². The second-order valence-electron chi connectivity index (χ2n) is 9.89. The lowest BCUT2D eigenvalue weighted by atomic mass is 9.52. The van der Waals surface area contributed by atoms with E-state index in [-0.39, 0.29) is 23.3 Å². The van der Waals surface area contributed by atoms with Crippen LogP contribution in [-0.2, 0) is 23.9 Å². The molecule has 0 amide bonds. The van der Waals surface area contributed by atoms with E-state index in [2.05, 4.69) is 27.4 Å². The Morgan fingerprint density at radius 3 is 2.53 bits per heavy atom. The highest BCUT2D eigenvalue weighted by atomic mass is 16.7. The molecule has 30 heavy (non-hydrogen) atoms. The molecule has 5 nitrogen and oxygen atoms in total. The maximum Gasteiger partial charge on any atom is 0.306 e. The van der Waals surface area contributed by atoms with E-state index < -0.39 is 17.6 Å². The summed E-state index contributed by atoms with van der Waals surface area (Å²) >= 11 is 0. The van der Waals surface area contributed by atoms with Crippen LogP contribution in [0.1, 0.15) is 91.4 Å². The van der Waals surface area contributed by atoms with Crippen LogP contribution in [0, 0.1) is 17.3 Å². The van der Waals surface area contributed by atoms with Crippen molar-refractivity contribution in [3.63, 3.8) is 0 Å². The summed E-state index contributed by atoms with van der Waals surface area (Å²) in [6, 6.07) is 0. The van der Waals surface area contributed by atoms with Gasteiger partial charge in [-0.25, -0.2) is 0 Å². The first kappa shape index (κ1) is 23.2. The summed E-state index contributed by atoms with van der Waals surface area (Å²) in [5.74, 6) is -0.430. The summed E-state index contributed by atoms with van der Waals surface area (Å²) in [5.41, 5.74) is -0.711. The Hall–Kier alpha value is -1.49. The maximum atomic E-state index is 12.9. The third-order valence-corrected chi connectivity index (χ3v) is 8.05. The van der Waals surface area contributed by atoms with Gasteiger partial charge in [-0.15, -0.1) is 0 Å². The zero-order valence-corrected chi connectivity index (χ0v) is 18.9. The van der Waals surface area contributed by atoms with Crippen LogP contribution in [0.4, 0.5) is 0 Å². The molecule has 168 valence electrons. The Labute approximate surface area is 181 Å². The molecule has 0 aromatic heterocycles. The number of epoxide rings is 1. The Morgan fingerprint density at radius 1 is 1.20 bits per heavy atom. The third-order valence-electron chi connectivity index (χ3n) is 8.05. The van der Waals surface area contributed by atoms with Crippen LogP contribution < -0.4 is 0 Å². The van der Waals surface area contributed by atoms with Gasteiger partial charge < -0.3 is 9.47 Å². The van der Waals surface area contributed by atoms with Crippen LogP contribution in [0.25, 0.3) is 0 Å². The van der Waals surface area contributed by atoms with Gasteiger partial charge in [-0.1, -0.05) is 65.9 Å². The zero-order chi connectivity index (χ0) is 21.9.